The fraction of sp³-hybridized carbons (Fsp3) is 0.318. The second-order valence-electron chi connectivity index (χ2n) is 6.97. The molecule has 0 amide bonds. The van der Waals surface area contributed by atoms with Crippen molar-refractivity contribution in [2.75, 3.05) is 13.2 Å². The SMILES string of the molecule is O=C(O)C[C@@H]1CCc2cc(OCCCOc3ccc4cc[nH]c4c3)ccc21. The number of aromatic nitrogens is 1. The van der Waals surface area contributed by atoms with Crippen LogP contribution >= 0.6 is 0 Å². The summed E-state index contributed by atoms with van der Waals surface area (Å²) in [5, 5.41) is 10.2. The number of hydrogen-bond donors (Lipinski definition) is 2. The standard InChI is InChI=1S/C22H23NO4/c24-22(25)13-17-3-2-16-12-18(6-7-20(16)17)26-10-1-11-27-19-5-4-15-8-9-23-21(15)14-19/h4-9,12,14,17,23H,1-3,10-11,13H2,(H,24,25)/t17-/m0/s1. The van der Waals surface area contributed by atoms with Crippen LogP contribution in [0.1, 0.15) is 36.3 Å². The molecule has 2 aromatic carbocycles. The molecule has 5 heteroatoms. The number of hydrogen-bond acceptors (Lipinski definition) is 3. The number of nitrogens with one attached hydrogen (secondary N) is 1. The first-order valence-electron chi connectivity index (χ1n) is 9.36. The molecule has 2 N–H and O–H groups in total. The van der Waals surface area contributed by atoms with Gasteiger partial charge in [0.2, 0.25) is 0 Å². The van der Waals surface area contributed by atoms with E-state index in [4.69, 9.17) is 14.6 Å². The molecule has 0 unspecified atom stereocenters. The smallest absolute Gasteiger partial charge is 0.303 e. The summed E-state index contributed by atoms with van der Waals surface area (Å²) in [6.07, 6.45) is 4.75. The quantitative estimate of drug-likeness (QED) is 0.576. The van der Waals surface area contributed by atoms with Crippen LogP contribution in [0.4, 0.5) is 0 Å². The molecular formula is C22H23NO4. The third kappa shape index (κ3) is 4.08. The van der Waals surface area contributed by atoms with E-state index in [9.17, 15) is 4.79 Å². The van der Waals surface area contributed by atoms with Gasteiger partial charge in [0.25, 0.3) is 0 Å². The maximum absolute atomic E-state index is 10.9. The molecule has 0 bridgehead atoms. The Bertz CT molecular complexity index is 946. The lowest BCUT2D eigenvalue weighted by Crippen LogP contribution is -2.05. The highest BCUT2D eigenvalue weighted by molar-refractivity contribution is 5.80. The molecule has 0 saturated carbocycles. The first-order chi connectivity index (χ1) is 13.2. The maximum atomic E-state index is 10.9. The van der Waals surface area contributed by atoms with Gasteiger partial charge in [-0.05, 0) is 65.6 Å². The minimum Gasteiger partial charge on any atom is -0.493 e. The molecule has 0 fully saturated rings. The van der Waals surface area contributed by atoms with Gasteiger partial charge in [-0.15, -0.1) is 0 Å². The average molecular weight is 365 g/mol. The Hall–Kier alpha value is -2.95. The summed E-state index contributed by atoms with van der Waals surface area (Å²) in [6.45, 7) is 1.18. The van der Waals surface area contributed by atoms with E-state index in [-0.39, 0.29) is 12.3 Å². The van der Waals surface area contributed by atoms with E-state index in [0.29, 0.717) is 13.2 Å². The fourth-order valence-corrected chi connectivity index (χ4v) is 3.75. The van der Waals surface area contributed by atoms with Crippen molar-refractivity contribution in [2.24, 2.45) is 0 Å². The zero-order valence-corrected chi connectivity index (χ0v) is 15.1. The number of rotatable bonds is 8. The number of carbonyl (C=O) groups is 1. The van der Waals surface area contributed by atoms with Crippen LogP contribution < -0.4 is 9.47 Å². The zero-order chi connectivity index (χ0) is 18.6. The molecule has 5 nitrogen and oxygen atoms in total. The molecule has 1 aliphatic rings. The Morgan fingerprint density at radius 1 is 1.07 bits per heavy atom. The number of fused-ring (bicyclic) bond motifs is 2. The molecule has 4 rings (SSSR count). The molecule has 3 aromatic rings. The summed E-state index contributed by atoms with van der Waals surface area (Å²) >= 11 is 0. The number of aromatic amines is 1. The Kier molecular flexibility index (Phi) is 5.01. The Morgan fingerprint density at radius 2 is 1.85 bits per heavy atom. The van der Waals surface area contributed by atoms with E-state index in [1.165, 1.54) is 10.9 Å². The molecule has 1 aliphatic carbocycles. The van der Waals surface area contributed by atoms with Gasteiger partial charge < -0.3 is 19.6 Å². The third-order valence-corrected chi connectivity index (χ3v) is 5.09. The third-order valence-electron chi connectivity index (χ3n) is 5.09. The van der Waals surface area contributed by atoms with Crippen molar-refractivity contribution >= 4 is 16.9 Å². The number of carboxylic acid groups (broad SMARTS) is 1. The van der Waals surface area contributed by atoms with Crippen molar-refractivity contribution in [1.82, 2.24) is 4.98 Å². The van der Waals surface area contributed by atoms with Gasteiger partial charge in [0.05, 0.1) is 19.6 Å². The Labute approximate surface area is 157 Å². The first-order valence-corrected chi connectivity index (χ1v) is 9.36. The van der Waals surface area contributed by atoms with E-state index < -0.39 is 5.97 Å². The molecule has 0 aliphatic heterocycles. The van der Waals surface area contributed by atoms with Gasteiger partial charge in [-0.1, -0.05) is 6.07 Å². The van der Waals surface area contributed by atoms with Gasteiger partial charge in [0.15, 0.2) is 0 Å². The van der Waals surface area contributed by atoms with Gasteiger partial charge in [-0.2, -0.15) is 0 Å². The minimum absolute atomic E-state index is 0.136. The molecule has 27 heavy (non-hydrogen) atoms. The van der Waals surface area contributed by atoms with E-state index >= 15 is 0 Å². The van der Waals surface area contributed by atoms with Gasteiger partial charge in [-0.3, -0.25) is 4.79 Å². The van der Waals surface area contributed by atoms with Crippen molar-refractivity contribution in [3.63, 3.8) is 0 Å². The number of carboxylic acids is 1. The van der Waals surface area contributed by atoms with Gasteiger partial charge in [-0.25, -0.2) is 0 Å². The largest absolute Gasteiger partial charge is 0.493 e. The normalized spacial score (nSPS) is 15.6. The second kappa shape index (κ2) is 7.74. The van der Waals surface area contributed by atoms with Gasteiger partial charge >= 0.3 is 5.97 Å². The fourth-order valence-electron chi connectivity index (χ4n) is 3.75. The predicted molar refractivity (Wildman–Crippen MR) is 104 cm³/mol. The average Bonchev–Trinajstić information content (AvgIpc) is 3.27. The van der Waals surface area contributed by atoms with Crippen LogP contribution in [-0.2, 0) is 11.2 Å². The van der Waals surface area contributed by atoms with Crippen molar-refractivity contribution in [3.05, 3.63) is 59.8 Å². The molecule has 1 aromatic heterocycles. The first kappa shape index (κ1) is 17.5. The summed E-state index contributed by atoms with van der Waals surface area (Å²) in [4.78, 5) is 14.1. The lowest BCUT2D eigenvalue weighted by molar-refractivity contribution is -0.137. The van der Waals surface area contributed by atoms with Gasteiger partial charge in [0, 0.05) is 24.2 Å². The molecule has 0 spiro atoms. The summed E-state index contributed by atoms with van der Waals surface area (Å²) in [5.41, 5.74) is 3.45. The predicted octanol–water partition coefficient (Wildman–Crippen LogP) is 4.52. The van der Waals surface area contributed by atoms with Crippen LogP contribution in [0.5, 0.6) is 11.5 Å². The molecule has 1 heterocycles. The molecule has 0 saturated heterocycles. The van der Waals surface area contributed by atoms with Crippen molar-refractivity contribution in [3.8, 4) is 11.5 Å². The van der Waals surface area contributed by atoms with Crippen molar-refractivity contribution in [1.29, 1.82) is 0 Å². The topological polar surface area (TPSA) is 71.6 Å². The number of ether oxygens (including phenoxy) is 2. The van der Waals surface area contributed by atoms with Crippen LogP contribution in [0.25, 0.3) is 10.9 Å². The van der Waals surface area contributed by atoms with Crippen molar-refractivity contribution < 1.29 is 19.4 Å². The molecular weight excluding hydrogens is 342 g/mol. The van der Waals surface area contributed by atoms with Crippen LogP contribution in [0, 0.1) is 0 Å². The summed E-state index contributed by atoms with van der Waals surface area (Å²) in [6, 6.07) is 14.1. The minimum atomic E-state index is -0.733. The Morgan fingerprint density at radius 3 is 2.67 bits per heavy atom. The highest BCUT2D eigenvalue weighted by Gasteiger charge is 2.24. The van der Waals surface area contributed by atoms with Crippen LogP contribution in [0.2, 0.25) is 0 Å². The zero-order valence-electron chi connectivity index (χ0n) is 15.1. The Balaban J connectivity index is 1.24. The lowest BCUT2D eigenvalue weighted by Gasteiger charge is -2.11. The van der Waals surface area contributed by atoms with Crippen LogP contribution in [0.3, 0.4) is 0 Å². The highest BCUT2D eigenvalue weighted by Crippen LogP contribution is 2.37. The number of aliphatic carboxylic acids is 1. The van der Waals surface area contributed by atoms with E-state index in [0.717, 1.165) is 41.8 Å². The lowest BCUT2D eigenvalue weighted by atomic mass is 9.98. The van der Waals surface area contributed by atoms with Crippen molar-refractivity contribution in [2.45, 2.75) is 31.6 Å². The highest BCUT2D eigenvalue weighted by atomic mass is 16.5. The van der Waals surface area contributed by atoms with E-state index in [1.54, 1.807) is 0 Å². The van der Waals surface area contributed by atoms with Gasteiger partial charge in [0.1, 0.15) is 11.5 Å². The summed E-state index contributed by atoms with van der Waals surface area (Å²) < 4.78 is 11.6. The maximum Gasteiger partial charge on any atom is 0.303 e. The van der Waals surface area contributed by atoms with Crippen LogP contribution in [-0.4, -0.2) is 29.3 Å². The summed E-state index contributed by atoms with van der Waals surface area (Å²) in [5.74, 6) is 1.10. The second-order valence-corrected chi connectivity index (χ2v) is 6.97. The monoisotopic (exact) mass is 365 g/mol. The van der Waals surface area contributed by atoms with E-state index in [2.05, 4.69) is 11.1 Å². The van der Waals surface area contributed by atoms with E-state index in [1.807, 2.05) is 42.6 Å². The molecule has 0 radical (unpaired) electrons. The number of H-pyrrole nitrogens is 1. The number of aryl methyl sites for hydroxylation is 1. The molecule has 1 atom stereocenters. The molecule has 140 valence electrons. The number of benzene rings is 2. The summed E-state index contributed by atoms with van der Waals surface area (Å²) in [7, 11) is 0. The van der Waals surface area contributed by atoms with Crippen LogP contribution in [0.15, 0.2) is 48.7 Å².